The number of methoxy groups -OCH3 is 1. The Kier molecular flexibility index (Phi) is 10.7. The predicted octanol–water partition coefficient (Wildman–Crippen LogP) is 2.44. The van der Waals surface area contributed by atoms with E-state index in [1.807, 2.05) is 20.8 Å². The number of hydrogen-bond donors (Lipinski definition) is 0. The Labute approximate surface area is 123 Å². The summed E-state index contributed by atoms with van der Waals surface area (Å²) in [5.41, 5.74) is 0. The smallest absolute Gasteiger partial charge is 0.453 e. The molecule has 0 N–H and O–H groups in total. The van der Waals surface area contributed by atoms with E-state index in [0.717, 1.165) is 12.8 Å². The highest BCUT2D eigenvalue weighted by Gasteiger charge is 2.43. The molecule has 0 aromatic carbocycles. The van der Waals surface area contributed by atoms with Crippen molar-refractivity contribution >= 4 is 14.9 Å². The highest BCUT2D eigenvalue weighted by Crippen LogP contribution is 2.14. The first-order chi connectivity index (χ1) is 9.59. The fourth-order valence-corrected chi connectivity index (χ4v) is 4.47. The first kappa shape index (κ1) is 19.4. The molecule has 120 valence electrons. The van der Waals surface area contributed by atoms with Crippen molar-refractivity contribution in [1.29, 1.82) is 0 Å². The van der Waals surface area contributed by atoms with Crippen molar-refractivity contribution < 1.29 is 22.8 Å². The van der Waals surface area contributed by atoms with Crippen LogP contribution in [0.1, 0.15) is 40.5 Å². The molecule has 0 aliphatic rings. The molecule has 0 aliphatic carbocycles. The van der Waals surface area contributed by atoms with E-state index >= 15 is 0 Å². The summed E-state index contributed by atoms with van der Waals surface area (Å²) in [6, 6.07) is 0. The van der Waals surface area contributed by atoms with Gasteiger partial charge in [0, 0.05) is 26.4 Å². The quantitative estimate of drug-likeness (QED) is 0.549. The van der Waals surface area contributed by atoms with Gasteiger partial charge >= 0.3 is 14.9 Å². The average molecular weight is 307 g/mol. The van der Waals surface area contributed by atoms with Gasteiger partial charge in [-0.2, -0.15) is 0 Å². The highest BCUT2D eigenvalue weighted by atomic mass is 28.4. The second kappa shape index (κ2) is 11.1. The van der Waals surface area contributed by atoms with E-state index < -0.39 is 8.80 Å². The summed E-state index contributed by atoms with van der Waals surface area (Å²) < 4.78 is 22.1. The lowest BCUT2D eigenvalue weighted by Gasteiger charge is -2.33. The molecule has 0 bridgehead atoms. The molecule has 0 aromatic heterocycles. The monoisotopic (exact) mass is 307 g/mol. The van der Waals surface area contributed by atoms with Crippen LogP contribution >= 0.6 is 0 Å². The molecule has 0 radical (unpaired) electrons. The molecule has 0 atom stereocenters. The van der Waals surface area contributed by atoms with Gasteiger partial charge in [-0.15, -0.1) is 0 Å². The van der Waals surface area contributed by atoms with Crippen molar-refractivity contribution in [2.24, 2.45) is 0 Å². The third kappa shape index (κ3) is 6.69. The summed E-state index contributed by atoms with van der Waals surface area (Å²) in [7, 11) is -1.48. The summed E-state index contributed by atoms with van der Waals surface area (Å²) in [5.74, 6) is 0. The van der Waals surface area contributed by atoms with E-state index in [4.69, 9.17) is 18.0 Å². The maximum atomic E-state index is 11.9. The van der Waals surface area contributed by atoms with Gasteiger partial charge < -0.3 is 22.9 Å². The number of nitrogens with zero attached hydrogens (tertiary/aromatic N) is 1. The Hall–Kier alpha value is -0.633. The summed E-state index contributed by atoms with van der Waals surface area (Å²) in [6.07, 6.45) is 1.87. The van der Waals surface area contributed by atoms with Crippen molar-refractivity contribution in [2.45, 2.75) is 40.5 Å². The van der Waals surface area contributed by atoms with Crippen molar-refractivity contribution in [2.75, 3.05) is 39.6 Å². The average Bonchev–Trinajstić information content (AvgIpc) is 2.43. The fraction of sp³-hybridized carbons (Fsp3) is 0.923. The van der Waals surface area contributed by atoms with Gasteiger partial charge in [-0.1, -0.05) is 13.3 Å². The van der Waals surface area contributed by atoms with Gasteiger partial charge in [-0.25, -0.2) is 4.79 Å². The number of carbonyl (C=O) groups is 1. The zero-order chi connectivity index (χ0) is 15.4. The third-order valence-electron chi connectivity index (χ3n) is 2.69. The standard InChI is InChI=1S/C13H29NO5Si/c1-6-10-11-14(13(15)16-5)12-20(17-7-2,18-8-3)19-9-4/h6-12H2,1-5H3. The fourth-order valence-electron chi connectivity index (χ4n) is 1.87. The minimum absolute atomic E-state index is 0.329. The van der Waals surface area contributed by atoms with Crippen LogP contribution in [-0.2, 0) is 18.0 Å². The number of hydrogen-bond acceptors (Lipinski definition) is 5. The summed E-state index contributed by atoms with van der Waals surface area (Å²) in [4.78, 5) is 13.5. The van der Waals surface area contributed by atoms with Crippen LogP contribution in [0.4, 0.5) is 4.79 Å². The van der Waals surface area contributed by atoms with Gasteiger partial charge in [0.25, 0.3) is 0 Å². The lowest BCUT2D eigenvalue weighted by molar-refractivity contribution is 0.0531. The Bertz CT molecular complexity index is 248. The molecule has 7 heteroatoms. The molecule has 0 aliphatic heterocycles. The van der Waals surface area contributed by atoms with Crippen LogP contribution in [0.3, 0.4) is 0 Å². The normalized spacial score (nSPS) is 11.4. The molecule has 20 heavy (non-hydrogen) atoms. The molecule has 6 nitrogen and oxygen atoms in total. The molecule has 0 unspecified atom stereocenters. The second-order valence-electron chi connectivity index (χ2n) is 4.23. The molecule has 1 amide bonds. The zero-order valence-corrected chi connectivity index (χ0v) is 14.4. The first-order valence-electron chi connectivity index (χ1n) is 7.33. The van der Waals surface area contributed by atoms with E-state index in [1.54, 1.807) is 4.90 Å². The molecule has 0 spiro atoms. The van der Waals surface area contributed by atoms with Gasteiger partial charge in [0.1, 0.15) is 0 Å². The predicted molar refractivity (Wildman–Crippen MR) is 79.5 cm³/mol. The Morgan fingerprint density at radius 2 is 1.50 bits per heavy atom. The first-order valence-corrected chi connectivity index (χ1v) is 9.26. The minimum atomic E-state index is -2.86. The van der Waals surface area contributed by atoms with Crippen LogP contribution in [0.5, 0.6) is 0 Å². The van der Waals surface area contributed by atoms with Crippen LogP contribution < -0.4 is 0 Å². The lowest BCUT2D eigenvalue weighted by Crippen LogP contribution is -2.56. The number of amides is 1. The molecule has 0 rings (SSSR count). The lowest BCUT2D eigenvalue weighted by atomic mass is 10.3. The maximum absolute atomic E-state index is 11.9. The van der Waals surface area contributed by atoms with Gasteiger partial charge in [0.05, 0.1) is 13.3 Å². The molecule has 0 aromatic rings. The van der Waals surface area contributed by atoms with E-state index in [9.17, 15) is 4.79 Å². The molecule has 0 saturated heterocycles. The molecule has 0 heterocycles. The minimum Gasteiger partial charge on any atom is -0.453 e. The molecule has 0 saturated carbocycles. The van der Waals surface area contributed by atoms with Crippen LogP contribution in [0, 0.1) is 0 Å². The summed E-state index contributed by atoms with van der Waals surface area (Å²) in [6.45, 7) is 9.87. The van der Waals surface area contributed by atoms with Crippen LogP contribution in [-0.4, -0.2) is 59.4 Å². The number of rotatable bonds is 11. The second-order valence-corrected chi connectivity index (χ2v) is 6.78. The number of carbonyl (C=O) groups excluding carboxylic acids is 1. The Morgan fingerprint density at radius 1 is 1.00 bits per heavy atom. The van der Waals surface area contributed by atoms with Crippen molar-refractivity contribution in [3.63, 3.8) is 0 Å². The Balaban J connectivity index is 4.95. The van der Waals surface area contributed by atoms with Gasteiger partial charge in [-0.3, -0.25) is 0 Å². The largest absolute Gasteiger partial charge is 0.521 e. The van der Waals surface area contributed by atoms with E-state index in [0.29, 0.717) is 32.5 Å². The summed E-state index contributed by atoms with van der Waals surface area (Å²) >= 11 is 0. The Morgan fingerprint density at radius 3 is 1.85 bits per heavy atom. The van der Waals surface area contributed by atoms with E-state index in [2.05, 4.69) is 6.92 Å². The van der Waals surface area contributed by atoms with Crippen LogP contribution in [0.25, 0.3) is 0 Å². The van der Waals surface area contributed by atoms with Gasteiger partial charge in [-0.05, 0) is 27.2 Å². The topological polar surface area (TPSA) is 57.2 Å². The van der Waals surface area contributed by atoms with Crippen molar-refractivity contribution in [3.8, 4) is 0 Å². The molecular weight excluding hydrogens is 278 g/mol. The van der Waals surface area contributed by atoms with Crippen LogP contribution in [0.15, 0.2) is 0 Å². The molecular formula is C13H29NO5Si. The summed E-state index contributed by atoms with van der Waals surface area (Å²) in [5, 5.41) is 0. The zero-order valence-electron chi connectivity index (χ0n) is 13.4. The third-order valence-corrected chi connectivity index (χ3v) is 5.65. The van der Waals surface area contributed by atoms with Crippen molar-refractivity contribution in [1.82, 2.24) is 4.90 Å². The number of ether oxygens (including phenoxy) is 1. The van der Waals surface area contributed by atoms with Gasteiger partial charge in [0.15, 0.2) is 0 Å². The number of unbranched alkanes of at least 4 members (excludes halogenated alkanes) is 1. The van der Waals surface area contributed by atoms with Gasteiger partial charge in [0.2, 0.25) is 0 Å². The SMILES string of the molecule is CCCCN(C[Si](OCC)(OCC)OCC)C(=O)OC. The van der Waals surface area contributed by atoms with Crippen LogP contribution in [0.2, 0.25) is 0 Å². The van der Waals surface area contributed by atoms with Crippen molar-refractivity contribution in [3.05, 3.63) is 0 Å². The molecule has 0 fully saturated rings. The van der Waals surface area contributed by atoms with E-state index in [-0.39, 0.29) is 6.09 Å². The highest BCUT2D eigenvalue weighted by molar-refractivity contribution is 6.61. The maximum Gasteiger partial charge on any atom is 0.521 e. The van der Waals surface area contributed by atoms with E-state index in [1.165, 1.54) is 7.11 Å².